The van der Waals surface area contributed by atoms with Crippen LogP contribution in [-0.4, -0.2) is 25.6 Å². The predicted molar refractivity (Wildman–Crippen MR) is 89.4 cm³/mol. The number of hydrogen-bond donors (Lipinski definition) is 2. The number of nitrogens with zero attached hydrogens (tertiary/aromatic N) is 1. The van der Waals surface area contributed by atoms with Crippen LogP contribution in [0.4, 0.5) is 0 Å². The fraction of sp³-hybridized carbons (Fsp3) is 0.400. The Kier molecular flexibility index (Phi) is 6.63. The molecule has 0 aliphatic heterocycles. The summed E-state index contributed by atoms with van der Waals surface area (Å²) in [6.07, 6.45) is 3.45. The van der Waals surface area contributed by atoms with Gasteiger partial charge in [0.05, 0.1) is 10.6 Å². The number of furan rings is 1. The summed E-state index contributed by atoms with van der Waals surface area (Å²) in [6.45, 7) is 4.44. The lowest BCUT2D eigenvalue weighted by Crippen LogP contribution is -2.38. The first-order valence-electron chi connectivity index (χ1n) is 7.06. The molecule has 2 aromatic rings. The Morgan fingerprint density at radius 2 is 2.19 bits per heavy atom. The zero-order valence-corrected chi connectivity index (χ0v) is 13.6. The van der Waals surface area contributed by atoms with E-state index >= 15 is 0 Å². The Labute approximate surface area is 134 Å². The Hall–Kier alpha value is -1.46. The van der Waals surface area contributed by atoms with Gasteiger partial charge in [-0.2, -0.15) is 0 Å². The Morgan fingerprint density at radius 1 is 1.29 bits per heavy atom. The molecule has 0 atom stereocenters. The largest absolute Gasteiger partial charge is 0.469 e. The van der Waals surface area contributed by atoms with Gasteiger partial charge in [-0.15, -0.1) is 11.3 Å². The van der Waals surface area contributed by atoms with Crippen LogP contribution in [0.25, 0.3) is 0 Å². The van der Waals surface area contributed by atoms with Gasteiger partial charge in [0.15, 0.2) is 5.96 Å². The summed E-state index contributed by atoms with van der Waals surface area (Å²) in [4.78, 5) is 5.82. The van der Waals surface area contributed by atoms with E-state index in [-0.39, 0.29) is 0 Å². The van der Waals surface area contributed by atoms with Gasteiger partial charge in [0.25, 0.3) is 0 Å². The molecule has 0 radical (unpaired) electrons. The van der Waals surface area contributed by atoms with Crippen molar-refractivity contribution in [2.45, 2.75) is 19.8 Å². The molecule has 2 heterocycles. The zero-order valence-electron chi connectivity index (χ0n) is 12.1. The van der Waals surface area contributed by atoms with Crippen molar-refractivity contribution in [1.82, 2.24) is 10.6 Å². The van der Waals surface area contributed by atoms with Crippen molar-refractivity contribution in [3.05, 3.63) is 45.5 Å². The molecule has 0 fully saturated rings. The molecule has 114 valence electrons. The lowest BCUT2D eigenvalue weighted by molar-refractivity contribution is 0.507. The first-order chi connectivity index (χ1) is 10.3. The average Bonchev–Trinajstić information content (AvgIpc) is 3.11. The summed E-state index contributed by atoms with van der Waals surface area (Å²) < 4.78 is 6.14. The van der Waals surface area contributed by atoms with Crippen molar-refractivity contribution < 1.29 is 4.42 Å². The van der Waals surface area contributed by atoms with E-state index in [1.54, 1.807) is 17.6 Å². The number of aliphatic imine (C=N–C) groups is 1. The maximum atomic E-state index is 5.92. The van der Waals surface area contributed by atoms with E-state index < -0.39 is 0 Å². The normalized spacial score (nSPS) is 11.6. The van der Waals surface area contributed by atoms with E-state index in [0.29, 0.717) is 0 Å². The van der Waals surface area contributed by atoms with Crippen molar-refractivity contribution >= 4 is 28.9 Å². The van der Waals surface area contributed by atoms with E-state index in [1.165, 1.54) is 4.88 Å². The van der Waals surface area contributed by atoms with Crippen LogP contribution >= 0.6 is 22.9 Å². The van der Waals surface area contributed by atoms with Gasteiger partial charge in [0.2, 0.25) is 0 Å². The van der Waals surface area contributed by atoms with Crippen molar-refractivity contribution in [3.63, 3.8) is 0 Å². The van der Waals surface area contributed by atoms with Gasteiger partial charge in [-0.05, 0) is 31.2 Å². The lowest BCUT2D eigenvalue weighted by Gasteiger charge is -2.10. The predicted octanol–water partition coefficient (Wildman–Crippen LogP) is 3.33. The van der Waals surface area contributed by atoms with E-state index in [9.17, 15) is 0 Å². The highest BCUT2D eigenvalue weighted by molar-refractivity contribution is 7.16. The molecule has 21 heavy (non-hydrogen) atoms. The summed E-state index contributed by atoms with van der Waals surface area (Å²) in [6, 6.07) is 7.87. The van der Waals surface area contributed by atoms with E-state index in [4.69, 9.17) is 16.0 Å². The minimum atomic E-state index is 0.743. The quantitative estimate of drug-likeness (QED) is 0.606. The second kappa shape index (κ2) is 8.74. The van der Waals surface area contributed by atoms with Gasteiger partial charge in [0.1, 0.15) is 5.76 Å². The van der Waals surface area contributed by atoms with Crippen LogP contribution in [0.2, 0.25) is 4.34 Å². The molecule has 0 saturated heterocycles. The maximum absolute atomic E-state index is 5.92. The standard InChI is InChI=1S/C15H20ClN3OS/c1-2-17-15(18-9-7-12-4-3-11-20-12)19-10-8-13-5-6-14(16)21-13/h3-6,11H,2,7-10H2,1H3,(H2,17,18,19). The van der Waals surface area contributed by atoms with Crippen LogP contribution in [0.15, 0.2) is 39.9 Å². The van der Waals surface area contributed by atoms with Crippen molar-refractivity contribution in [1.29, 1.82) is 0 Å². The van der Waals surface area contributed by atoms with Crippen LogP contribution < -0.4 is 10.6 Å². The third kappa shape index (κ3) is 5.81. The molecule has 0 bridgehead atoms. The van der Waals surface area contributed by atoms with Crippen molar-refractivity contribution in [2.75, 3.05) is 19.6 Å². The first kappa shape index (κ1) is 15.9. The molecule has 4 nitrogen and oxygen atoms in total. The summed E-state index contributed by atoms with van der Waals surface area (Å²) in [5.74, 6) is 1.82. The Balaban J connectivity index is 1.75. The summed E-state index contributed by atoms with van der Waals surface area (Å²) >= 11 is 7.53. The highest BCUT2D eigenvalue weighted by atomic mass is 35.5. The molecule has 0 aromatic carbocycles. The van der Waals surface area contributed by atoms with Crippen LogP contribution in [0.3, 0.4) is 0 Å². The highest BCUT2D eigenvalue weighted by Gasteiger charge is 2.00. The van der Waals surface area contributed by atoms with E-state index in [2.05, 4.69) is 28.6 Å². The molecule has 0 amide bonds. The zero-order chi connectivity index (χ0) is 14.9. The van der Waals surface area contributed by atoms with Crippen LogP contribution in [0.1, 0.15) is 17.6 Å². The SMILES string of the molecule is CCNC(=NCCc1ccc(Cl)s1)NCCc1ccco1. The molecule has 2 rings (SSSR count). The molecule has 0 aliphatic carbocycles. The third-order valence-electron chi connectivity index (χ3n) is 2.85. The van der Waals surface area contributed by atoms with Gasteiger partial charge in [-0.3, -0.25) is 4.99 Å². The third-order valence-corrected chi connectivity index (χ3v) is 4.14. The lowest BCUT2D eigenvalue weighted by atomic mass is 10.3. The fourth-order valence-electron chi connectivity index (χ4n) is 1.86. The number of thiophene rings is 1. The Bertz CT molecular complexity index is 551. The molecule has 0 aliphatic rings. The van der Waals surface area contributed by atoms with Crippen LogP contribution in [0, 0.1) is 0 Å². The van der Waals surface area contributed by atoms with Gasteiger partial charge >= 0.3 is 0 Å². The second-order valence-electron chi connectivity index (χ2n) is 4.47. The van der Waals surface area contributed by atoms with Gasteiger partial charge in [-0.1, -0.05) is 11.6 Å². The first-order valence-corrected chi connectivity index (χ1v) is 8.26. The summed E-state index contributed by atoms with van der Waals surface area (Å²) in [5.41, 5.74) is 0. The summed E-state index contributed by atoms with van der Waals surface area (Å²) in [5, 5.41) is 6.55. The van der Waals surface area contributed by atoms with Crippen molar-refractivity contribution in [2.24, 2.45) is 4.99 Å². The molecular formula is C15H20ClN3OS. The maximum Gasteiger partial charge on any atom is 0.191 e. The van der Waals surface area contributed by atoms with Gasteiger partial charge in [-0.25, -0.2) is 0 Å². The Morgan fingerprint density at radius 3 is 2.86 bits per heavy atom. The minimum absolute atomic E-state index is 0.743. The molecule has 0 unspecified atom stereocenters. The summed E-state index contributed by atoms with van der Waals surface area (Å²) in [7, 11) is 0. The minimum Gasteiger partial charge on any atom is -0.469 e. The number of halogens is 1. The monoisotopic (exact) mass is 325 g/mol. The number of nitrogens with one attached hydrogen (secondary N) is 2. The fourth-order valence-corrected chi connectivity index (χ4v) is 2.94. The van der Waals surface area contributed by atoms with Crippen LogP contribution in [-0.2, 0) is 12.8 Å². The molecule has 0 spiro atoms. The van der Waals surface area contributed by atoms with Crippen molar-refractivity contribution in [3.8, 4) is 0 Å². The smallest absolute Gasteiger partial charge is 0.191 e. The second-order valence-corrected chi connectivity index (χ2v) is 6.27. The molecular weight excluding hydrogens is 306 g/mol. The molecule has 2 aromatic heterocycles. The van der Waals surface area contributed by atoms with E-state index in [0.717, 1.165) is 48.5 Å². The van der Waals surface area contributed by atoms with Gasteiger partial charge < -0.3 is 15.1 Å². The van der Waals surface area contributed by atoms with Gasteiger partial charge in [0, 0.05) is 37.4 Å². The molecule has 6 heteroatoms. The topological polar surface area (TPSA) is 49.6 Å². The van der Waals surface area contributed by atoms with Crippen LogP contribution in [0.5, 0.6) is 0 Å². The number of guanidine groups is 1. The molecule has 0 saturated carbocycles. The highest BCUT2D eigenvalue weighted by Crippen LogP contribution is 2.21. The van der Waals surface area contributed by atoms with E-state index in [1.807, 2.05) is 18.2 Å². The number of hydrogen-bond acceptors (Lipinski definition) is 3. The average molecular weight is 326 g/mol. The number of rotatable bonds is 7. The molecule has 2 N–H and O–H groups in total.